The summed E-state index contributed by atoms with van der Waals surface area (Å²) in [6, 6.07) is 13.6. The number of rotatable bonds is 15. The van der Waals surface area contributed by atoms with Crippen LogP contribution in [0.25, 0.3) is 5.65 Å². The van der Waals surface area contributed by atoms with E-state index < -0.39 is 35.6 Å². The lowest BCUT2D eigenvalue weighted by Crippen LogP contribution is -2.51. The van der Waals surface area contributed by atoms with Crippen LogP contribution < -0.4 is 22.1 Å². The van der Waals surface area contributed by atoms with Crippen molar-refractivity contribution >= 4 is 23.6 Å². The number of hydrogen-bond donors (Lipinski definition) is 4. The van der Waals surface area contributed by atoms with Crippen LogP contribution in [0.5, 0.6) is 0 Å². The van der Waals surface area contributed by atoms with Crippen molar-refractivity contribution in [3.63, 3.8) is 0 Å². The maximum atomic E-state index is 12.8. The number of nitrogens with one attached hydrogen (secondary N) is 2. The number of nitrogens with zero attached hydrogens (tertiary/aromatic N) is 3. The number of benzene rings is 1. The molecule has 0 radical (unpaired) electrons. The third-order valence-corrected chi connectivity index (χ3v) is 6.31. The summed E-state index contributed by atoms with van der Waals surface area (Å²) in [6.45, 7) is 7.58. The van der Waals surface area contributed by atoms with Crippen molar-refractivity contribution in [3.05, 3.63) is 65.6 Å². The second-order valence-corrected chi connectivity index (χ2v) is 10.8. The van der Waals surface area contributed by atoms with E-state index in [2.05, 4.69) is 20.8 Å². The summed E-state index contributed by atoms with van der Waals surface area (Å²) in [5.41, 5.74) is 12.7. The molecule has 3 rings (SSSR count). The molecule has 0 saturated heterocycles. The highest BCUT2D eigenvalue weighted by atomic mass is 16.5. The first-order valence-electron chi connectivity index (χ1n) is 13.8. The van der Waals surface area contributed by atoms with Crippen molar-refractivity contribution in [3.8, 4) is 0 Å². The molecule has 2 amide bonds. The lowest BCUT2D eigenvalue weighted by atomic mass is 10.1. The zero-order valence-corrected chi connectivity index (χ0v) is 24.5. The van der Waals surface area contributed by atoms with Crippen molar-refractivity contribution in [1.82, 2.24) is 25.2 Å². The molecule has 0 unspecified atom stereocenters. The van der Waals surface area contributed by atoms with E-state index in [1.54, 1.807) is 36.4 Å². The van der Waals surface area contributed by atoms with Crippen LogP contribution in [-0.4, -0.2) is 63.9 Å². The molecule has 0 bridgehead atoms. The maximum Gasteiger partial charge on any atom is 0.407 e. The second kappa shape index (κ2) is 15.2. The minimum absolute atomic E-state index is 0.0258. The number of amides is 2. The average Bonchev–Trinajstić information content (AvgIpc) is 3.39. The quantitative estimate of drug-likeness (QED) is 0.152. The van der Waals surface area contributed by atoms with Crippen LogP contribution in [0, 0.1) is 5.92 Å². The summed E-state index contributed by atoms with van der Waals surface area (Å²) >= 11 is 0. The second-order valence-electron chi connectivity index (χ2n) is 10.8. The average molecular weight is 584 g/mol. The van der Waals surface area contributed by atoms with E-state index in [1.165, 1.54) is 0 Å². The lowest BCUT2D eigenvalue weighted by Gasteiger charge is -2.24. The molecule has 2 atom stereocenters. The highest BCUT2D eigenvalue weighted by Crippen LogP contribution is 2.18. The maximum absolute atomic E-state index is 12.8. The van der Waals surface area contributed by atoms with Crippen LogP contribution in [0.1, 0.15) is 57.2 Å². The minimum atomic E-state index is -1.14. The third kappa shape index (κ3) is 9.50. The smallest absolute Gasteiger partial charge is 0.407 e. The Morgan fingerprint density at radius 3 is 2.43 bits per heavy atom. The van der Waals surface area contributed by atoms with Crippen LogP contribution in [0.2, 0.25) is 0 Å². The predicted molar refractivity (Wildman–Crippen MR) is 155 cm³/mol. The van der Waals surface area contributed by atoms with Gasteiger partial charge in [0.05, 0.1) is 31.1 Å². The van der Waals surface area contributed by atoms with Gasteiger partial charge in [-0.25, -0.2) is 4.79 Å². The van der Waals surface area contributed by atoms with Gasteiger partial charge in [0.1, 0.15) is 18.7 Å². The minimum Gasteiger partial charge on any atom is -0.464 e. The van der Waals surface area contributed by atoms with Crippen molar-refractivity contribution in [2.45, 2.75) is 65.0 Å². The zero-order valence-electron chi connectivity index (χ0n) is 24.5. The van der Waals surface area contributed by atoms with Crippen LogP contribution in [0.3, 0.4) is 0 Å². The highest BCUT2D eigenvalue weighted by molar-refractivity contribution is 5.85. The van der Waals surface area contributed by atoms with E-state index >= 15 is 0 Å². The number of aromatic nitrogens is 3. The van der Waals surface area contributed by atoms with Gasteiger partial charge >= 0.3 is 12.1 Å². The van der Waals surface area contributed by atoms with E-state index in [0.717, 1.165) is 5.56 Å². The molecular weight excluding hydrogens is 542 g/mol. The molecule has 13 heteroatoms. The molecule has 0 aliphatic rings. The summed E-state index contributed by atoms with van der Waals surface area (Å²) in [4.78, 5) is 37.0. The Bertz CT molecular complexity index is 1320. The molecule has 2 heterocycles. The van der Waals surface area contributed by atoms with Crippen LogP contribution >= 0.6 is 0 Å². The molecule has 42 heavy (non-hydrogen) atoms. The molecule has 6 N–H and O–H groups in total. The standard InChI is InChI=1S/C29H41N7O6/c1-19(2)24(30)26(37)41-15-9-14-32-28(39)42-17-21-12-8-13-23-34-35-25(36(21)23)22(33-27(38)29(3,4)31)18-40-16-20-10-6-5-7-11-20/h5-8,10-13,19,22,24H,9,14-18,30-31H2,1-4H3,(H,32,39)(H,33,38)/t22-,24+/m1/s1. The zero-order chi connectivity index (χ0) is 30.7. The van der Waals surface area contributed by atoms with Gasteiger partial charge in [-0.1, -0.05) is 50.2 Å². The fraction of sp³-hybridized carbons (Fsp3) is 0.483. The molecule has 0 saturated carbocycles. The first-order chi connectivity index (χ1) is 20.0. The number of ether oxygens (including phenoxy) is 3. The Kier molecular flexibility index (Phi) is 11.8. The number of nitrogens with two attached hydrogens (primary N) is 2. The van der Waals surface area contributed by atoms with Crippen molar-refractivity contribution in [1.29, 1.82) is 0 Å². The van der Waals surface area contributed by atoms with Crippen molar-refractivity contribution in [2.75, 3.05) is 19.8 Å². The largest absolute Gasteiger partial charge is 0.464 e. The Morgan fingerprint density at radius 2 is 1.74 bits per heavy atom. The van der Waals surface area contributed by atoms with E-state index in [9.17, 15) is 14.4 Å². The highest BCUT2D eigenvalue weighted by Gasteiger charge is 2.28. The van der Waals surface area contributed by atoms with Gasteiger partial charge in [-0.3, -0.25) is 14.0 Å². The molecule has 228 valence electrons. The third-order valence-electron chi connectivity index (χ3n) is 6.31. The van der Waals surface area contributed by atoms with Crippen LogP contribution in [0.15, 0.2) is 48.5 Å². The van der Waals surface area contributed by atoms with Gasteiger partial charge in [-0.05, 0) is 43.9 Å². The molecule has 0 aliphatic heterocycles. The fourth-order valence-corrected chi connectivity index (χ4v) is 3.76. The normalized spacial score (nSPS) is 13.0. The monoisotopic (exact) mass is 583 g/mol. The Hall–Kier alpha value is -4.07. The van der Waals surface area contributed by atoms with Gasteiger partial charge in [-0.2, -0.15) is 0 Å². The summed E-state index contributed by atoms with van der Waals surface area (Å²) in [5, 5.41) is 14.1. The van der Waals surface area contributed by atoms with Crippen molar-refractivity contribution in [2.24, 2.45) is 17.4 Å². The fourth-order valence-electron chi connectivity index (χ4n) is 3.76. The van der Waals surface area contributed by atoms with Crippen molar-refractivity contribution < 1.29 is 28.6 Å². The number of alkyl carbamates (subject to hydrolysis) is 1. The number of hydrogen-bond acceptors (Lipinski definition) is 10. The number of carbonyl (C=O) groups excluding carboxylic acids is 3. The number of pyridine rings is 1. The first-order valence-corrected chi connectivity index (χ1v) is 13.8. The first kappa shape index (κ1) is 32.4. The number of fused-ring (bicyclic) bond motifs is 1. The van der Waals surface area contributed by atoms with Gasteiger partial charge in [0.2, 0.25) is 5.91 Å². The Labute approximate surface area is 245 Å². The molecule has 0 aliphatic carbocycles. The molecule has 2 aromatic heterocycles. The molecule has 13 nitrogen and oxygen atoms in total. The number of carbonyl (C=O) groups is 3. The van der Waals surface area contributed by atoms with Gasteiger partial charge in [0.15, 0.2) is 11.5 Å². The van der Waals surface area contributed by atoms with Gasteiger partial charge in [0, 0.05) is 6.54 Å². The SMILES string of the molecule is CC(C)[C@H](N)C(=O)OCCCNC(=O)OCc1cccc2nnc([C@@H](COCc3ccccc3)NC(=O)C(C)(C)N)n12. The number of esters is 1. The molecular formula is C29H41N7O6. The topological polar surface area (TPSA) is 185 Å². The van der Waals surface area contributed by atoms with E-state index in [-0.39, 0.29) is 32.3 Å². The lowest BCUT2D eigenvalue weighted by molar-refractivity contribution is -0.146. The summed E-state index contributed by atoms with van der Waals surface area (Å²) in [6.07, 6.45) is -0.244. The molecule has 3 aromatic rings. The van der Waals surface area contributed by atoms with Crippen LogP contribution in [-0.2, 0) is 37.0 Å². The summed E-state index contributed by atoms with van der Waals surface area (Å²) in [5.74, 6) is -0.489. The van der Waals surface area contributed by atoms with Gasteiger partial charge in [-0.15, -0.1) is 10.2 Å². The summed E-state index contributed by atoms with van der Waals surface area (Å²) < 4.78 is 18.2. The van der Waals surface area contributed by atoms with Gasteiger partial charge < -0.3 is 36.3 Å². The molecule has 0 fully saturated rings. The summed E-state index contributed by atoms with van der Waals surface area (Å²) in [7, 11) is 0. The van der Waals surface area contributed by atoms with Crippen LogP contribution in [0.4, 0.5) is 4.79 Å². The molecule has 0 spiro atoms. The Morgan fingerprint density at radius 1 is 1.00 bits per heavy atom. The predicted octanol–water partition coefficient (Wildman–Crippen LogP) is 1.98. The van der Waals surface area contributed by atoms with E-state index in [4.69, 9.17) is 25.7 Å². The van der Waals surface area contributed by atoms with E-state index in [0.29, 0.717) is 30.2 Å². The van der Waals surface area contributed by atoms with E-state index in [1.807, 2.05) is 44.2 Å². The Balaban J connectivity index is 1.64. The molecule has 1 aromatic carbocycles. The van der Waals surface area contributed by atoms with Gasteiger partial charge in [0.25, 0.3) is 0 Å².